The van der Waals surface area contributed by atoms with E-state index >= 15 is 0 Å². The molecular weight excluding hydrogens is 270 g/mol. The second kappa shape index (κ2) is 6.53. The molecular formula is C15H15N3O3. The molecule has 0 radical (unpaired) electrons. The van der Waals surface area contributed by atoms with Gasteiger partial charge in [-0.3, -0.25) is 15.0 Å². The Morgan fingerprint density at radius 1 is 1.05 bits per heavy atom. The Kier molecular flexibility index (Phi) is 4.53. The lowest BCUT2D eigenvalue weighted by molar-refractivity contribution is 0.0952. The predicted octanol–water partition coefficient (Wildman–Crippen LogP) is 0.968. The lowest BCUT2D eigenvalue weighted by Crippen LogP contribution is -2.30. The Morgan fingerprint density at radius 2 is 1.76 bits per heavy atom. The van der Waals surface area contributed by atoms with E-state index in [1.807, 2.05) is 6.07 Å². The first-order valence-electron chi connectivity index (χ1n) is 6.22. The molecule has 0 spiro atoms. The van der Waals surface area contributed by atoms with Gasteiger partial charge in [-0.25, -0.2) is 5.84 Å². The maximum absolute atomic E-state index is 11.4. The van der Waals surface area contributed by atoms with Crippen LogP contribution in [0.15, 0.2) is 48.5 Å². The molecule has 2 rings (SSSR count). The number of primary amides is 1. The number of rotatable bonds is 5. The highest BCUT2D eigenvalue weighted by Gasteiger charge is 2.05. The standard InChI is InChI=1S/C15H15N3O3/c16-14(19)11-4-2-6-13(8-11)21-9-10-3-1-5-12(7-10)15(20)18-17/h1-8H,9,17H2,(H2,16,19)(H,18,20). The maximum atomic E-state index is 11.4. The molecule has 0 fully saturated rings. The van der Waals surface area contributed by atoms with Crippen molar-refractivity contribution in [1.29, 1.82) is 0 Å². The lowest BCUT2D eigenvalue weighted by atomic mass is 10.1. The molecule has 21 heavy (non-hydrogen) atoms. The molecule has 2 aromatic rings. The average molecular weight is 285 g/mol. The van der Waals surface area contributed by atoms with Crippen molar-refractivity contribution in [3.8, 4) is 5.75 Å². The molecule has 0 aliphatic heterocycles. The van der Waals surface area contributed by atoms with Gasteiger partial charge in [-0.2, -0.15) is 0 Å². The Balaban J connectivity index is 2.08. The Labute approximate surface area is 121 Å². The van der Waals surface area contributed by atoms with E-state index in [0.29, 0.717) is 16.9 Å². The highest BCUT2D eigenvalue weighted by molar-refractivity contribution is 5.94. The molecule has 6 nitrogen and oxygen atoms in total. The van der Waals surface area contributed by atoms with Crippen LogP contribution in [0.2, 0.25) is 0 Å². The molecule has 6 heteroatoms. The summed E-state index contributed by atoms with van der Waals surface area (Å²) in [4.78, 5) is 22.5. The molecule has 0 aromatic heterocycles. The summed E-state index contributed by atoms with van der Waals surface area (Å²) in [6, 6.07) is 13.5. The SMILES string of the molecule is NNC(=O)c1cccc(COc2cccc(C(N)=O)c2)c1. The minimum Gasteiger partial charge on any atom is -0.489 e. The predicted molar refractivity (Wildman–Crippen MR) is 77.4 cm³/mol. The minimum absolute atomic E-state index is 0.258. The van der Waals surface area contributed by atoms with Gasteiger partial charge >= 0.3 is 0 Å². The molecule has 0 saturated heterocycles. The zero-order valence-electron chi connectivity index (χ0n) is 11.2. The summed E-state index contributed by atoms with van der Waals surface area (Å²) in [5, 5.41) is 0. The number of amides is 2. The van der Waals surface area contributed by atoms with Gasteiger partial charge in [-0.15, -0.1) is 0 Å². The first-order valence-corrected chi connectivity index (χ1v) is 6.22. The van der Waals surface area contributed by atoms with Crippen molar-refractivity contribution >= 4 is 11.8 Å². The fraction of sp³-hybridized carbons (Fsp3) is 0.0667. The van der Waals surface area contributed by atoms with Gasteiger partial charge in [-0.05, 0) is 35.9 Å². The number of nitrogen functional groups attached to an aromatic ring is 1. The van der Waals surface area contributed by atoms with Gasteiger partial charge in [0.15, 0.2) is 0 Å². The Hall–Kier alpha value is -2.86. The van der Waals surface area contributed by atoms with Crippen molar-refractivity contribution in [2.45, 2.75) is 6.61 Å². The quantitative estimate of drug-likeness (QED) is 0.432. The molecule has 0 saturated carbocycles. The zero-order valence-corrected chi connectivity index (χ0v) is 11.2. The topological polar surface area (TPSA) is 107 Å². The molecule has 0 aliphatic carbocycles. The van der Waals surface area contributed by atoms with Crippen molar-refractivity contribution < 1.29 is 14.3 Å². The van der Waals surface area contributed by atoms with Gasteiger partial charge in [0.05, 0.1) is 0 Å². The number of carbonyl (C=O) groups excluding carboxylic acids is 2. The van der Waals surface area contributed by atoms with Gasteiger partial charge in [0.2, 0.25) is 5.91 Å². The van der Waals surface area contributed by atoms with E-state index in [4.69, 9.17) is 16.3 Å². The van der Waals surface area contributed by atoms with Crippen molar-refractivity contribution in [3.05, 3.63) is 65.2 Å². The second-order valence-electron chi connectivity index (χ2n) is 4.35. The molecule has 0 heterocycles. The largest absolute Gasteiger partial charge is 0.489 e. The van der Waals surface area contributed by atoms with E-state index in [9.17, 15) is 9.59 Å². The minimum atomic E-state index is -0.512. The van der Waals surface area contributed by atoms with Crippen LogP contribution in [0.5, 0.6) is 5.75 Å². The molecule has 2 aromatic carbocycles. The monoisotopic (exact) mass is 285 g/mol. The normalized spacial score (nSPS) is 9.95. The van der Waals surface area contributed by atoms with Crippen molar-refractivity contribution in [1.82, 2.24) is 5.43 Å². The number of hydrogen-bond donors (Lipinski definition) is 3. The number of carbonyl (C=O) groups is 2. The van der Waals surface area contributed by atoms with Crippen LogP contribution in [0.25, 0.3) is 0 Å². The highest BCUT2D eigenvalue weighted by atomic mass is 16.5. The third kappa shape index (κ3) is 3.80. The van der Waals surface area contributed by atoms with Gasteiger partial charge in [0, 0.05) is 11.1 Å². The van der Waals surface area contributed by atoms with Crippen molar-refractivity contribution in [3.63, 3.8) is 0 Å². The van der Waals surface area contributed by atoms with E-state index in [2.05, 4.69) is 5.43 Å². The van der Waals surface area contributed by atoms with Crippen LogP contribution < -0.4 is 21.7 Å². The molecule has 0 aliphatic rings. The number of nitrogens with one attached hydrogen (secondary N) is 1. The summed E-state index contributed by atoms with van der Waals surface area (Å²) >= 11 is 0. The fourth-order valence-corrected chi connectivity index (χ4v) is 1.79. The second-order valence-corrected chi connectivity index (χ2v) is 4.35. The molecule has 5 N–H and O–H groups in total. The average Bonchev–Trinajstić information content (AvgIpc) is 2.52. The third-order valence-electron chi connectivity index (χ3n) is 2.84. The molecule has 0 atom stereocenters. The van der Waals surface area contributed by atoms with Crippen LogP contribution in [0, 0.1) is 0 Å². The van der Waals surface area contributed by atoms with Gasteiger partial charge in [0.25, 0.3) is 5.91 Å². The molecule has 0 bridgehead atoms. The summed E-state index contributed by atoms with van der Waals surface area (Å²) in [5.41, 5.74) is 8.91. The number of ether oxygens (including phenoxy) is 1. The number of nitrogens with two attached hydrogens (primary N) is 2. The Morgan fingerprint density at radius 3 is 2.48 bits per heavy atom. The fourth-order valence-electron chi connectivity index (χ4n) is 1.79. The summed E-state index contributed by atoms with van der Waals surface area (Å²) in [7, 11) is 0. The number of hydrazine groups is 1. The Bertz CT molecular complexity index is 671. The summed E-state index contributed by atoms with van der Waals surface area (Å²) in [6.45, 7) is 0.258. The van der Waals surface area contributed by atoms with Crippen LogP contribution in [0.1, 0.15) is 26.3 Å². The van der Waals surface area contributed by atoms with E-state index < -0.39 is 5.91 Å². The van der Waals surface area contributed by atoms with E-state index in [1.54, 1.807) is 42.5 Å². The van der Waals surface area contributed by atoms with Crippen molar-refractivity contribution in [2.24, 2.45) is 11.6 Å². The van der Waals surface area contributed by atoms with Crippen LogP contribution >= 0.6 is 0 Å². The van der Waals surface area contributed by atoms with E-state index in [0.717, 1.165) is 5.56 Å². The lowest BCUT2D eigenvalue weighted by Gasteiger charge is -2.08. The van der Waals surface area contributed by atoms with Gasteiger partial charge in [0.1, 0.15) is 12.4 Å². The van der Waals surface area contributed by atoms with Crippen LogP contribution in [0.4, 0.5) is 0 Å². The van der Waals surface area contributed by atoms with Crippen LogP contribution in [-0.2, 0) is 6.61 Å². The molecule has 0 unspecified atom stereocenters. The van der Waals surface area contributed by atoms with Crippen LogP contribution in [-0.4, -0.2) is 11.8 Å². The van der Waals surface area contributed by atoms with Crippen molar-refractivity contribution in [2.75, 3.05) is 0 Å². The maximum Gasteiger partial charge on any atom is 0.265 e. The molecule has 2 amide bonds. The third-order valence-corrected chi connectivity index (χ3v) is 2.84. The van der Waals surface area contributed by atoms with Gasteiger partial charge in [-0.1, -0.05) is 18.2 Å². The van der Waals surface area contributed by atoms with Crippen LogP contribution in [0.3, 0.4) is 0 Å². The van der Waals surface area contributed by atoms with E-state index in [1.165, 1.54) is 0 Å². The number of benzene rings is 2. The number of hydrogen-bond acceptors (Lipinski definition) is 4. The summed E-state index contributed by atoms with van der Waals surface area (Å²) in [5.74, 6) is 4.74. The first kappa shape index (κ1) is 14.5. The summed E-state index contributed by atoms with van der Waals surface area (Å²) < 4.78 is 5.58. The molecule has 108 valence electrons. The summed E-state index contributed by atoms with van der Waals surface area (Å²) in [6.07, 6.45) is 0. The van der Waals surface area contributed by atoms with E-state index in [-0.39, 0.29) is 12.5 Å². The zero-order chi connectivity index (χ0) is 15.2. The first-order chi connectivity index (χ1) is 10.1. The smallest absolute Gasteiger partial charge is 0.265 e. The highest BCUT2D eigenvalue weighted by Crippen LogP contribution is 2.15. The van der Waals surface area contributed by atoms with Gasteiger partial charge < -0.3 is 10.5 Å².